The Balaban J connectivity index is 1.48. The van der Waals surface area contributed by atoms with Crippen molar-refractivity contribution in [3.05, 3.63) is 66.4 Å². The van der Waals surface area contributed by atoms with Crippen molar-refractivity contribution in [1.29, 1.82) is 0 Å². The van der Waals surface area contributed by atoms with E-state index in [1.807, 2.05) is 61.5 Å². The van der Waals surface area contributed by atoms with E-state index in [9.17, 15) is 9.59 Å². The van der Waals surface area contributed by atoms with Crippen LogP contribution in [0, 0.1) is 0 Å². The molecule has 0 unspecified atom stereocenters. The molecule has 0 aliphatic heterocycles. The Morgan fingerprint density at radius 3 is 2.56 bits per heavy atom. The predicted octanol–water partition coefficient (Wildman–Crippen LogP) is 3.19. The van der Waals surface area contributed by atoms with Crippen LogP contribution in [0.4, 0.5) is 0 Å². The Morgan fingerprint density at radius 2 is 1.78 bits per heavy atom. The summed E-state index contributed by atoms with van der Waals surface area (Å²) in [6.45, 7) is 2.54. The van der Waals surface area contributed by atoms with Crippen LogP contribution in [0.5, 0.6) is 5.75 Å². The van der Waals surface area contributed by atoms with Gasteiger partial charge in [-0.2, -0.15) is 0 Å². The molecule has 1 aromatic heterocycles. The minimum absolute atomic E-state index is 0.180. The lowest BCUT2D eigenvalue weighted by atomic mass is 10.2. The molecule has 0 atom stereocenters. The van der Waals surface area contributed by atoms with Crippen molar-refractivity contribution in [2.45, 2.75) is 11.8 Å². The van der Waals surface area contributed by atoms with E-state index >= 15 is 0 Å². The number of carbonyl (C=O) groups is 2. The smallest absolute Gasteiger partial charge is 0.288 e. The Kier molecular flexibility index (Phi) is 6.27. The lowest BCUT2D eigenvalue weighted by Crippen LogP contribution is -2.42. The maximum Gasteiger partial charge on any atom is 0.288 e. The van der Waals surface area contributed by atoms with E-state index in [0.717, 1.165) is 21.5 Å². The summed E-state index contributed by atoms with van der Waals surface area (Å²) >= 11 is 1.37. The summed E-state index contributed by atoms with van der Waals surface area (Å²) in [6, 6.07) is 18.5. The largest absolute Gasteiger partial charge is 0.494 e. The number of fused-ring (bicyclic) bond motifs is 1. The highest BCUT2D eigenvalue weighted by molar-refractivity contribution is 8.00. The first kappa shape index (κ1) is 18.7. The third kappa shape index (κ3) is 5.21. The van der Waals surface area contributed by atoms with E-state index in [1.54, 1.807) is 6.07 Å². The predicted molar refractivity (Wildman–Crippen MR) is 106 cm³/mol. The second kappa shape index (κ2) is 9.05. The minimum atomic E-state index is -0.458. The molecule has 0 aliphatic rings. The number of para-hydroxylation sites is 1. The van der Waals surface area contributed by atoms with E-state index < -0.39 is 5.91 Å². The number of hydrazine groups is 1. The highest BCUT2D eigenvalue weighted by Crippen LogP contribution is 2.21. The molecule has 3 aromatic rings. The maximum absolute atomic E-state index is 12.2. The average Bonchev–Trinajstić information content (AvgIpc) is 2.71. The van der Waals surface area contributed by atoms with Crippen molar-refractivity contribution >= 4 is 34.5 Å². The number of carbonyl (C=O) groups excluding carboxylic acids is 2. The summed E-state index contributed by atoms with van der Waals surface area (Å²) in [5.41, 5.74) is 5.77. The van der Waals surface area contributed by atoms with Gasteiger partial charge in [-0.05, 0) is 43.3 Å². The van der Waals surface area contributed by atoms with Crippen molar-refractivity contribution in [2.24, 2.45) is 0 Å². The standard InChI is InChI=1S/C20H19N3O3S/c1-2-26-15-8-10-16(11-9-15)27-13-19(24)22-23-20(25)18-12-7-14-5-3-4-6-17(14)21-18/h3-12H,2,13H2,1H3,(H,22,24)(H,23,25). The lowest BCUT2D eigenvalue weighted by molar-refractivity contribution is -0.119. The highest BCUT2D eigenvalue weighted by Gasteiger charge is 2.10. The summed E-state index contributed by atoms with van der Waals surface area (Å²) in [5.74, 6) is 0.212. The summed E-state index contributed by atoms with van der Waals surface area (Å²) in [5, 5.41) is 0.949. The zero-order valence-electron chi connectivity index (χ0n) is 14.8. The van der Waals surface area contributed by atoms with Gasteiger partial charge < -0.3 is 4.74 Å². The van der Waals surface area contributed by atoms with Gasteiger partial charge in [0.15, 0.2) is 0 Å². The van der Waals surface area contributed by atoms with Gasteiger partial charge in [0.05, 0.1) is 17.9 Å². The average molecular weight is 381 g/mol. The van der Waals surface area contributed by atoms with Crippen LogP contribution in [-0.2, 0) is 4.79 Å². The third-order valence-electron chi connectivity index (χ3n) is 3.65. The van der Waals surface area contributed by atoms with E-state index in [-0.39, 0.29) is 17.4 Å². The van der Waals surface area contributed by atoms with E-state index in [2.05, 4.69) is 15.8 Å². The molecule has 0 aliphatic carbocycles. The monoisotopic (exact) mass is 381 g/mol. The van der Waals surface area contributed by atoms with Crippen LogP contribution in [0.2, 0.25) is 0 Å². The molecule has 2 amide bonds. The van der Waals surface area contributed by atoms with Crippen molar-refractivity contribution in [3.63, 3.8) is 0 Å². The molecule has 0 bridgehead atoms. The number of ether oxygens (including phenoxy) is 1. The molecule has 27 heavy (non-hydrogen) atoms. The number of rotatable bonds is 6. The second-order valence-corrected chi connectivity index (χ2v) is 6.63. The van der Waals surface area contributed by atoms with Gasteiger partial charge >= 0.3 is 0 Å². The number of aromatic nitrogens is 1. The number of hydrogen-bond donors (Lipinski definition) is 2. The Bertz CT molecular complexity index is 945. The normalized spacial score (nSPS) is 10.4. The first-order valence-corrected chi connectivity index (χ1v) is 9.45. The van der Waals surface area contributed by atoms with Crippen LogP contribution in [-0.4, -0.2) is 29.2 Å². The summed E-state index contributed by atoms with van der Waals surface area (Å²) < 4.78 is 5.38. The second-order valence-electron chi connectivity index (χ2n) is 5.58. The number of pyridine rings is 1. The van der Waals surface area contributed by atoms with Crippen molar-refractivity contribution in [3.8, 4) is 5.75 Å². The van der Waals surface area contributed by atoms with Gasteiger partial charge in [0.25, 0.3) is 5.91 Å². The maximum atomic E-state index is 12.2. The van der Waals surface area contributed by atoms with Crippen molar-refractivity contribution in [1.82, 2.24) is 15.8 Å². The molecule has 0 saturated heterocycles. The molecular weight excluding hydrogens is 362 g/mol. The van der Waals surface area contributed by atoms with Crippen LogP contribution in [0.3, 0.4) is 0 Å². The molecule has 0 fully saturated rings. The molecule has 2 aromatic carbocycles. The first-order chi connectivity index (χ1) is 13.2. The van der Waals surface area contributed by atoms with Crippen molar-refractivity contribution < 1.29 is 14.3 Å². The molecule has 3 rings (SSSR count). The topological polar surface area (TPSA) is 80.3 Å². The lowest BCUT2D eigenvalue weighted by Gasteiger charge is -2.08. The van der Waals surface area contributed by atoms with Gasteiger partial charge in [-0.25, -0.2) is 4.98 Å². The van der Waals surface area contributed by atoms with Crippen LogP contribution in [0.15, 0.2) is 65.6 Å². The molecule has 138 valence electrons. The van der Waals surface area contributed by atoms with Crippen LogP contribution in [0.25, 0.3) is 10.9 Å². The third-order valence-corrected chi connectivity index (χ3v) is 4.66. The van der Waals surface area contributed by atoms with Gasteiger partial charge in [-0.3, -0.25) is 20.4 Å². The van der Waals surface area contributed by atoms with Gasteiger partial charge in [0.2, 0.25) is 5.91 Å². The van der Waals surface area contributed by atoms with Gasteiger partial charge in [0.1, 0.15) is 11.4 Å². The number of amides is 2. The van der Waals surface area contributed by atoms with Gasteiger partial charge in [0, 0.05) is 10.3 Å². The molecular formula is C20H19N3O3S. The molecule has 2 N–H and O–H groups in total. The number of benzene rings is 2. The van der Waals surface area contributed by atoms with E-state index in [4.69, 9.17) is 4.74 Å². The number of hydrogen-bond acceptors (Lipinski definition) is 5. The fraction of sp³-hybridized carbons (Fsp3) is 0.150. The molecule has 6 nitrogen and oxygen atoms in total. The number of nitrogens with one attached hydrogen (secondary N) is 2. The SMILES string of the molecule is CCOc1ccc(SCC(=O)NNC(=O)c2ccc3ccccc3n2)cc1. The molecule has 0 saturated carbocycles. The highest BCUT2D eigenvalue weighted by atomic mass is 32.2. The Morgan fingerprint density at radius 1 is 1.00 bits per heavy atom. The zero-order chi connectivity index (χ0) is 19.1. The number of thioether (sulfide) groups is 1. The van der Waals surface area contributed by atoms with Gasteiger partial charge in [-0.1, -0.05) is 24.3 Å². The molecule has 0 spiro atoms. The molecule has 1 heterocycles. The Hall–Kier alpha value is -3.06. The molecule has 7 heteroatoms. The zero-order valence-corrected chi connectivity index (χ0v) is 15.6. The van der Waals surface area contributed by atoms with Gasteiger partial charge in [-0.15, -0.1) is 11.8 Å². The summed E-state index contributed by atoms with van der Waals surface area (Å²) in [6.07, 6.45) is 0. The van der Waals surface area contributed by atoms with Crippen LogP contribution >= 0.6 is 11.8 Å². The number of nitrogens with zero attached hydrogens (tertiary/aromatic N) is 1. The van der Waals surface area contributed by atoms with Crippen LogP contribution < -0.4 is 15.6 Å². The Labute approximate surface area is 161 Å². The quantitative estimate of drug-likeness (QED) is 0.506. The van der Waals surface area contributed by atoms with E-state index in [1.165, 1.54) is 11.8 Å². The van der Waals surface area contributed by atoms with Crippen LogP contribution in [0.1, 0.15) is 17.4 Å². The molecule has 0 radical (unpaired) electrons. The summed E-state index contributed by atoms with van der Waals surface area (Å²) in [7, 11) is 0. The summed E-state index contributed by atoms with van der Waals surface area (Å²) in [4.78, 5) is 29.3. The van der Waals surface area contributed by atoms with E-state index in [0.29, 0.717) is 6.61 Å². The fourth-order valence-corrected chi connectivity index (χ4v) is 3.07. The fourth-order valence-electron chi connectivity index (χ4n) is 2.37. The van der Waals surface area contributed by atoms with Crippen molar-refractivity contribution in [2.75, 3.05) is 12.4 Å². The minimum Gasteiger partial charge on any atom is -0.494 e. The first-order valence-electron chi connectivity index (χ1n) is 8.46.